The Labute approximate surface area is 151 Å². The van der Waals surface area contributed by atoms with E-state index in [-0.39, 0.29) is 0 Å². The fraction of sp³-hybridized carbons (Fsp3) is 0.300. The smallest absolute Gasteiger partial charge is 0.308 e. The number of carboxylic acid groups (broad SMARTS) is 2. The first-order valence-electron chi connectivity index (χ1n) is 8.21. The molecule has 1 saturated carbocycles. The maximum absolute atomic E-state index is 11.8. The van der Waals surface area contributed by atoms with E-state index in [1.165, 1.54) is 0 Å². The lowest BCUT2D eigenvalue weighted by Crippen LogP contribution is -2.51. The first-order chi connectivity index (χ1) is 12.5. The molecule has 1 aliphatic rings. The van der Waals surface area contributed by atoms with Crippen LogP contribution in [0.15, 0.2) is 48.5 Å². The summed E-state index contributed by atoms with van der Waals surface area (Å²) in [6, 6.07) is 14.2. The van der Waals surface area contributed by atoms with Crippen molar-refractivity contribution >= 4 is 11.9 Å². The van der Waals surface area contributed by atoms with Gasteiger partial charge in [0, 0.05) is 11.8 Å². The third kappa shape index (κ3) is 2.98. The molecule has 1 fully saturated rings. The van der Waals surface area contributed by atoms with E-state index in [9.17, 15) is 19.8 Å². The predicted octanol–water partition coefficient (Wildman–Crippen LogP) is 2.99. The molecule has 2 N–H and O–H groups in total. The average Bonchev–Trinajstić information content (AvgIpc) is 2.61. The summed E-state index contributed by atoms with van der Waals surface area (Å²) in [5, 5.41) is 19.2. The second-order valence-electron chi connectivity index (χ2n) is 6.33. The molecule has 0 heterocycles. The van der Waals surface area contributed by atoms with Gasteiger partial charge in [0.15, 0.2) is 0 Å². The summed E-state index contributed by atoms with van der Waals surface area (Å²) in [6.07, 6.45) is 0. The van der Waals surface area contributed by atoms with E-state index < -0.39 is 35.6 Å². The summed E-state index contributed by atoms with van der Waals surface area (Å²) in [5.41, 5.74) is 1.58. The Bertz CT molecular complexity index is 727. The van der Waals surface area contributed by atoms with Gasteiger partial charge in [0.2, 0.25) is 0 Å². The molecule has 1 aliphatic carbocycles. The summed E-state index contributed by atoms with van der Waals surface area (Å²) in [5.74, 6) is -3.67. The zero-order valence-corrected chi connectivity index (χ0v) is 14.5. The Hall–Kier alpha value is -3.02. The van der Waals surface area contributed by atoms with Gasteiger partial charge in [0.25, 0.3) is 0 Å². The zero-order valence-electron chi connectivity index (χ0n) is 14.5. The van der Waals surface area contributed by atoms with Crippen LogP contribution >= 0.6 is 0 Å². The molecule has 6 nitrogen and oxygen atoms in total. The standard InChI is InChI=1S/C20H20O6/c1-25-13-7-3-11(4-8-13)15-16(12-5-9-14(26-2)10-6-12)18(20(23)24)17(15)19(21)22/h3-10,15-18H,1-2H3,(H,21,22)(H,23,24)/t15-,16+,17+,18-. The molecule has 0 spiro atoms. The van der Waals surface area contributed by atoms with Crippen LogP contribution < -0.4 is 9.47 Å². The molecule has 26 heavy (non-hydrogen) atoms. The molecule has 0 saturated heterocycles. The molecule has 0 aliphatic heterocycles. The van der Waals surface area contributed by atoms with Crippen LogP contribution in [0.4, 0.5) is 0 Å². The van der Waals surface area contributed by atoms with Crippen LogP contribution in [0.1, 0.15) is 23.0 Å². The summed E-state index contributed by atoms with van der Waals surface area (Å²) < 4.78 is 10.3. The Morgan fingerprint density at radius 2 is 1.00 bits per heavy atom. The van der Waals surface area contributed by atoms with E-state index in [0.29, 0.717) is 11.5 Å². The Kier molecular flexibility index (Phi) is 4.84. The minimum atomic E-state index is -1.09. The first-order valence-corrected chi connectivity index (χ1v) is 8.21. The predicted molar refractivity (Wildman–Crippen MR) is 93.7 cm³/mol. The van der Waals surface area contributed by atoms with Gasteiger partial charge in [-0.1, -0.05) is 24.3 Å². The van der Waals surface area contributed by atoms with E-state index in [1.807, 2.05) is 0 Å². The number of carbonyl (C=O) groups is 2. The highest BCUT2D eigenvalue weighted by Crippen LogP contribution is 2.58. The quantitative estimate of drug-likeness (QED) is 0.826. The van der Waals surface area contributed by atoms with Crippen LogP contribution in [-0.2, 0) is 9.59 Å². The molecule has 0 unspecified atom stereocenters. The third-order valence-corrected chi connectivity index (χ3v) is 5.12. The van der Waals surface area contributed by atoms with Gasteiger partial charge in [0.1, 0.15) is 11.5 Å². The van der Waals surface area contributed by atoms with Crippen molar-refractivity contribution in [3.63, 3.8) is 0 Å². The fourth-order valence-corrected chi connectivity index (χ4v) is 3.84. The largest absolute Gasteiger partial charge is 0.497 e. The summed E-state index contributed by atoms with van der Waals surface area (Å²) in [4.78, 5) is 23.5. The Balaban J connectivity index is 2.03. The minimum absolute atomic E-state index is 0.423. The van der Waals surface area contributed by atoms with Gasteiger partial charge in [-0.25, -0.2) is 0 Å². The SMILES string of the molecule is COc1ccc([C@@H]2[C@@H](C(=O)O)[C@@H](C(=O)O)[C@@H]2c2ccc(OC)cc2)cc1. The lowest BCUT2D eigenvalue weighted by molar-refractivity contribution is -0.164. The molecule has 2 aromatic carbocycles. The van der Waals surface area contributed by atoms with Crippen molar-refractivity contribution in [2.24, 2.45) is 11.8 Å². The second kappa shape index (κ2) is 7.07. The molecule has 2 aromatic rings. The van der Waals surface area contributed by atoms with Crippen molar-refractivity contribution in [2.45, 2.75) is 11.8 Å². The highest BCUT2D eigenvalue weighted by Gasteiger charge is 2.58. The molecular weight excluding hydrogens is 336 g/mol. The molecule has 0 radical (unpaired) electrons. The monoisotopic (exact) mass is 356 g/mol. The van der Waals surface area contributed by atoms with E-state index in [4.69, 9.17) is 9.47 Å². The molecule has 3 rings (SSSR count). The number of ether oxygens (including phenoxy) is 2. The topological polar surface area (TPSA) is 93.1 Å². The first kappa shape index (κ1) is 17.8. The van der Waals surface area contributed by atoms with E-state index in [0.717, 1.165) is 11.1 Å². The number of hydrogen-bond donors (Lipinski definition) is 2. The minimum Gasteiger partial charge on any atom is -0.497 e. The van der Waals surface area contributed by atoms with Crippen molar-refractivity contribution in [1.29, 1.82) is 0 Å². The highest BCUT2D eigenvalue weighted by atomic mass is 16.5. The molecule has 6 heteroatoms. The van der Waals surface area contributed by atoms with Gasteiger partial charge in [-0.05, 0) is 35.4 Å². The van der Waals surface area contributed by atoms with Crippen LogP contribution in [0.3, 0.4) is 0 Å². The normalized spacial score (nSPS) is 24.4. The fourth-order valence-electron chi connectivity index (χ4n) is 3.84. The number of hydrogen-bond acceptors (Lipinski definition) is 4. The number of carboxylic acids is 2. The summed E-state index contributed by atoms with van der Waals surface area (Å²) in [6.45, 7) is 0. The molecule has 136 valence electrons. The molecule has 0 aromatic heterocycles. The maximum Gasteiger partial charge on any atom is 0.308 e. The summed E-state index contributed by atoms with van der Waals surface area (Å²) >= 11 is 0. The molecule has 0 amide bonds. The molecular formula is C20H20O6. The van der Waals surface area contributed by atoms with Gasteiger partial charge in [-0.2, -0.15) is 0 Å². The third-order valence-electron chi connectivity index (χ3n) is 5.12. The zero-order chi connectivity index (χ0) is 18.8. The Morgan fingerprint density at radius 3 is 1.23 bits per heavy atom. The van der Waals surface area contributed by atoms with Gasteiger partial charge in [-0.15, -0.1) is 0 Å². The van der Waals surface area contributed by atoms with Crippen molar-refractivity contribution < 1.29 is 29.3 Å². The van der Waals surface area contributed by atoms with Gasteiger partial charge in [0.05, 0.1) is 26.1 Å². The van der Waals surface area contributed by atoms with Crippen LogP contribution in [0.25, 0.3) is 0 Å². The number of benzene rings is 2. The summed E-state index contributed by atoms with van der Waals surface area (Å²) in [7, 11) is 3.11. The average molecular weight is 356 g/mol. The molecule has 0 bridgehead atoms. The van der Waals surface area contributed by atoms with Crippen LogP contribution in [-0.4, -0.2) is 36.4 Å². The number of rotatable bonds is 6. The van der Waals surface area contributed by atoms with Crippen LogP contribution in [0, 0.1) is 11.8 Å². The van der Waals surface area contributed by atoms with Gasteiger partial charge >= 0.3 is 11.9 Å². The Morgan fingerprint density at radius 1 is 0.692 bits per heavy atom. The number of methoxy groups -OCH3 is 2. The van der Waals surface area contributed by atoms with Gasteiger partial charge in [-0.3, -0.25) is 9.59 Å². The molecule has 4 atom stereocenters. The van der Waals surface area contributed by atoms with E-state index >= 15 is 0 Å². The van der Waals surface area contributed by atoms with E-state index in [2.05, 4.69) is 0 Å². The van der Waals surface area contributed by atoms with Crippen molar-refractivity contribution in [2.75, 3.05) is 14.2 Å². The highest BCUT2D eigenvalue weighted by molar-refractivity contribution is 5.85. The van der Waals surface area contributed by atoms with Crippen molar-refractivity contribution in [1.82, 2.24) is 0 Å². The van der Waals surface area contributed by atoms with Gasteiger partial charge < -0.3 is 19.7 Å². The van der Waals surface area contributed by atoms with Crippen LogP contribution in [0.2, 0.25) is 0 Å². The lowest BCUT2D eigenvalue weighted by atomic mass is 9.52. The van der Waals surface area contributed by atoms with Crippen molar-refractivity contribution in [3.05, 3.63) is 59.7 Å². The van der Waals surface area contributed by atoms with Crippen LogP contribution in [0.5, 0.6) is 11.5 Å². The maximum atomic E-state index is 11.8. The second-order valence-corrected chi connectivity index (χ2v) is 6.33. The lowest BCUT2D eigenvalue weighted by Gasteiger charge is -2.48. The number of aliphatic carboxylic acids is 2. The van der Waals surface area contributed by atoms with Crippen molar-refractivity contribution in [3.8, 4) is 11.5 Å². The van der Waals surface area contributed by atoms with E-state index in [1.54, 1.807) is 62.8 Å².